The summed E-state index contributed by atoms with van der Waals surface area (Å²) >= 11 is 1.33. The molecular formula is C15H19N3O2S. The second-order valence-corrected chi connectivity index (χ2v) is 5.60. The summed E-state index contributed by atoms with van der Waals surface area (Å²) in [5.74, 6) is 0.354. The molecule has 0 unspecified atom stereocenters. The molecule has 0 saturated carbocycles. The molecule has 0 aliphatic heterocycles. The number of amides is 1. The molecule has 0 aliphatic carbocycles. The van der Waals surface area contributed by atoms with Crippen molar-refractivity contribution in [3.63, 3.8) is 0 Å². The van der Waals surface area contributed by atoms with Gasteiger partial charge in [-0.15, -0.1) is 11.3 Å². The maximum atomic E-state index is 11.8. The highest BCUT2D eigenvalue weighted by Crippen LogP contribution is 2.44. The van der Waals surface area contributed by atoms with Crippen molar-refractivity contribution in [2.45, 2.75) is 6.54 Å². The van der Waals surface area contributed by atoms with Crippen LogP contribution in [0.2, 0.25) is 0 Å². The Labute approximate surface area is 128 Å². The van der Waals surface area contributed by atoms with Crippen molar-refractivity contribution in [3.05, 3.63) is 40.8 Å². The molecule has 0 fully saturated rings. The van der Waals surface area contributed by atoms with Gasteiger partial charge >= 0.3 is 0 Å². The minimum atomic E-state index is -0.199. The van der Waals surface area contributed by atoms with Gasteiger partial charge < -0.3 is 20.7 Å². The first-order valence-corrected chi connectivity index (χ1v) is 7.33. The quantitative estimate of drug-likeness (QED) is 0.889. The van der Waals surface area contributed by atoms with Crippen LogP contribution in [0.15, 0.2) is 30.3 Å². The standard InChI is InChI=1S/C15H19N3O2S/c1-17-14(19)13-11(16)12(20-3)15(21-13)18(2)9-10-7-5-4-6-8-10/h4-8H,9,16H2,1-3H3,(H,17,19). The third-order valence-corrected chi connectivity index (χ3v) is 4.43. The fraction of sp³-hybridized carbons (Fsp3) is 0.267. The second kappa shape index (κ2) is 6.49. The summed E-state index contributed by atoms with van der Waals surface area (Å²) in [5.41, 5.74) is 7.58. The first kappa shape index (κ1) is 15.2. The number of nitrogens with one attached hydrogen (secondary N) is 1. The average molecular weight is 305 g/mol. The molecule has 0 aliphatic rings. The van der Waals surface area contributed by atoms with Crippen molar-refractivity contribution in [2.75, 3.05) is 31.8 Å². The second-order valence-electron chi connectivity index (χ2n) is 4.60. The van der Waals surface area contributed by atoms with Gasteiger partial charge in [0.2, 0.25) is 0 Å². The first-order valence-electron chi connectivity index (χ1n) is 6.51. The highest BCUT2D eigenvalue weighted by Gasteiger charge is 2.23. The fourth-order valence-electron chi connectivity index (χ4n) is 2.08. The smallest absolute Gasteiger partial charge is 0.263 e. The van der Waals surface area contributed by atoms with Crippen LogP contribution in [0, 0.1) is 0 Å². The number of ether oxygens (including phenoxy) is 1. The number of carbonyl (C=O) groups excluding carboxylic acids is 1. The van der Waals surface area contributed by atoms with Gasteiger partial charge in [-0.05, 0) is 5.56 Å². The number of nitrogens with zero attached hydrogens (tertiary/aromatic N) is 1. The Hall–Kier alpha value is -2.21. The van der Waals surface area contributed by atoms with Crippen LogP contribution in [0.25, 0.3) is 0 Å². The number of carbonyl (C=O) groups is 1. The summed E-state index contributed by atoms with van der Waals surface area (Å²) in [6.07, 6.45) is 0. The number of benzene rings is 1. The number of nitrogens with two attached hydrogens (primary N) is 1. The predicted octanol–water partition coefficient (Wildman–Crippen LogP) is 2.33. The van der Waals surface area contributed by atoms with Crippen molar-refractivity contribution in [1.82, 2.24) is 5.32 Å². The summed E-state index contributed by atoms with van der Waals surface area (Å²) < 4.78 is 5.37. The molecule has 1 amide bonds. The molecular weight excluding hydrogens is 286 g/mol. The monoisotopic (exact) mass is 305 g/mol. The predicted molar refractivity (Wildman–Crippen MR) is 87.2 cm³/mol. The number of thiophene rings is 1. The number of anilines is 2. The van der Waals surface area contributed by atoms with E-state index in [1.54, 1.807) is 14.2 Å². The van der Waals surface area contributed by atoms with E-state index in [0.29, 0.717) is 22.9 Å². The van der Waals surface area contributed by atoms with Gasteiger partial charge in [0.25, 0.3) is 5.91 Å². The van der Waals surface area contributed by atoms with Crippen molar-refractivity contribution in [2.24, 2.45) is 0 Å². The van der Waals surface area contributed by atoms with Gasteiger partial charge in [0, 0.05) is 20.6 Å². The highest BCUT2D eigenvalue weighted by molar-refractivity contribution is 7.19. The van der Waals surface area contributed by atoms with Gasteiger partial charge in [-0.25, -0.2) is 0 Å². The first-order chi connectivity index (χ1) is 10.1. The van der Waals surface area contributed by atoms with Gasteiger partial charge in [0.05, 0.1) is 7.11 Å². The topological polar surface area (TPSA) is 67.6 Å². The zero-order valence-corrected chi connectivity index (χ0v) is 13.2. The number of hydrogen-bond acceptors (Lipinski definition) is 5. The zero-order chi connectivity index (χ0) is 15.4. The highest BCUT2D eigenvalue weighted by atomic mass is 32.1. The molecule has 1 aromatic carbocycles. The van der Waals surface area contributed by atoms with Crippen molar-refractivity contribution in [1.29, 1.82) is 0 Å². The summed E-state index contributed by atoms with van der Waals surface area (Å²) in [4.78, 5) is 14.3. The Morgan fingerprint density at radius 3 is 2.62 bits per heavy atom. The maximum Gasteiger partial charge on any atom is 0.263 e. The van der Waals surface area contributed by atoms with E-state index < -0.39 is 0 Å². The van der Waals surface area contributed by atoms with Gasteiger partial charge in [-0.1, -0.05) is 30.3 Å². The van der Waals surface area contributed by atoms with E-state index in [9.17, 15) is 4.79 Å². The largest absolute Gasteiger partial charge is 0.492 e. The van der Waals surface area contributed by atoms with Crippen molar-refractivity contribution in [3.8, 4) is 5.75 Å². The molecule has 0 spiro atoms. The third-order valence-electron chi connectivity index (χ3n) is 3.13. The number of nitrogen functional groups attached to an aromatic ring is 1. The number of rotatable bonds is 5. The van der Waals surface area contributed by atoms with E-state index >= 15 is 0 Å². The van der Waals surface area contributed by atoms with Gasteiger partial charge in [0.1, 0.15) is 15.6 Å². The molecule has 112 valence electrons. The molecule has 0 saturated heterocycles. The van der Waals surface area contributed by atoms with Crippen LogP contribution in [-0.2, 0) is 6.54 Å². The van der Waals surface area contributed by atoms with Crippen LogP contribution in [0.1, 0.15) is 15.2 Å². The Kier molecular flexibility index (Phi) is 4.70. The van der Waals surface area contributed by atoms with Crippen LogP contribution in [-0.4, -0.2) is 27.1 Å². The molecule has 6 heteroatoms. The third kappa shape index (κ3) is 3.11. The van der Waals surface area contributed by atoms with Gasteiger partial charge in [0.15, 0.2) is 5.75 Å². The van der Waals surface area contributed by atoms with Crippen molar-refractivity contribution >= 4 is 27.9 Å². The SMILES string of the molecule is CNC(=O)c1sc(N(C)Cc2ccccc2)c(OC)c1N. The average Bonchev–Trinajstić information content (AvgIpc) is 2.84. The molecule has 0 bridgehead atoms. The molecule has 2 aromatic rings. The molecule has 0 atom stereocenters. The molecule has 1 heterocycles. The number of hydrogen-bond donors (Lipinski definition) is 2. The lowest BCUT2D eigenvalue weighted by atomic mass is 10.2. The lowest BCUT2D eigenvalue weighted by Crippen LogP contribution is -2.17. The lowest BCUT2D eigenvalue weighted by Gasteiger charge is -2.18. The molecule has 2 rings (SSSR count). The Balaban J connectivity index is 2.32. The Morgan fingerprint density at radius 2 is 2.05 bits per heavy atom. The fourth-order valence-corrected chi connectivity index (χ4v) is 3.17. The van der Waals surface area contributed by atoms with Crippen LogP contribution in [0.5, 0.6) is 5.75 Å². The van der Waals surface area contributed by atoms with Crippen LogP contribution in [0.3, 0.4) is 0 Å². The minimum Gasteiger partial charge on any atom is -0.492 e. The summed E-state index contributed by atoms with van der Waals surface area (Å²) in [6, 6.07) is 10.1. The van der Waals surface area contributed by atoms with E-state index in [-0.39, 0.29) is 5.91 Å². The van der Waals surface area contributed by atoms with Gasteiger partial charge in [-0.3, -0.25) is 4.79 Å². The summed E-state index contributed by atoms with van der Waals surface area (Å²) in [6.45, 7) is 0.713. The zero-order valence-electron chi connectivity index (χ0n) is 12.3. The van der Waals surface area contributed by atoms with Crippen LogP contribution < -0.4 is 20.7 Å². The van der Waals surface area contributed by atoms with E-state index in [1.165, 1.54) is 16.9 Å². The molecule has 1 aromatic heterocycles. The summed E-state index contributed by atoms with van der Waals surface area (Å²) in [5, 5.41) is 3.44. The molecule has 3 N–H and O–H groups in total. The van der Waals surface area contributed by atoms with E-state index in [4.69, 9.17) is 10.5 Å². The molecule has 0 radical (unpaired) electrons. The summed E-state index contributed by atoms with van der Waals surface area (Å²) in [7, 11) is 5.10. The molecule has 5 nitrogen and oxygen atoms in total. The number of methoxy groups -OCH3 is 1. The van der Waals surface area contributed by atoms with E-state index in [2.05, 4.69) is 17.4 Å². The Morgan fingerprint density at radius 1 is 1.38 bits per heavy atom. The van der Waals surface area contributed by atoms with E-state index in [1.807, 2.05) is 30.1 Å². The van der Waals surface area contributed by atoms with Gasteiger partial charge in [-0.2, -0.15) is 0 Å². The Bertz CT molecular complexity index is 625. The normalized spacial score (nSPS) is 10.2. The lowest BCUT2D eigenvalue weighted by molar-refractivity contribution is 0.0967. The van der Waals surface area contributed by atoms with Crippen molar-refractivity contribution < 1.29 is 9.53 Å². The van der Waals surface area contributed by atoms with Crippen LogP contribution >= 0.6 is 11.3 Å². The minimum absolute atomic E-state index is 0.199. The van der Waals surface area contributed by atoms with E-state index in [0.717, 1.165) is 5.00 Å². The molecule has 21 heavy (non-hydrogen) atoms. The maximum absolute atomic E-state index is 11.8. The van der Waals surface area contributed by atoms with Crippen LogP contribution in [0.4, 0.5) is 10.7 Å².